The smallest absolute Gasteiger partial charge is 0.268 e. The lowest BCUT2D eigenvalue weighted by molar-refractivity contribution is 0.0835. The molecule has 228 valence electrons. The third kappa shape index (κ3) is 5.91. The Balaban J connectivity index is 1.71. The van der Waals surface area contributed by atoms with Gasteiger partial charge in [-0.3, -0.25) is 9.36 Å². The Labute approximate surface area is 267 Å². The second kappa shape index (κ2) is 12.1. The highest BCUT2D eigenvalue weighted by Crippen LogP contribution is 2.38. The maximum atomic E-state index is 14.6. The zero-order valence-corrected chi connectivity index (χ0v) is 29.1. The number of fused-ring (bicyclic) bond motifs is 2. The summed E-state index contributed by atoms with van der Waals surface area (Å²) in [6.07, 6.45) is 2.07. The van der Waals surface area contributed by atoms with Gasteiger partial charge in [-0.15, -0.1) is 0 Å². The van der Waals surface area contributed by atoms with Crippen LogP contribution in [0.2, 0.25) is 25.7 Å². The number of benzene rings is 3. The van der Waals surface area contributed by atoms with E-state index in [0.717, 1.165) is 22.7 Å². The van der Waals surface area contributed by atoms with Crippen LogP contribution in [0.1, 0.15) is 45.4 Å². The fourth-order valence-electron chi connectivity index (χ4n) is 5.33. The highest BCUT2D eigenvalue weighted by molar-refractivity contribution is 9.10. The first-order valence-corrected chi connectivity index (χ1v) is 20.4. The van der Waals surface area contributed by atoms with E-state index in [-0.39, 0.29) is 23.2 Å². The molecule has 2 heterocycles. The molecule has 11 heteroatoms. The summed E-state index contributed by atoms with van der Waals surface area (Å²) in [6.45, 7) is 13.2. The SMILES string of the molecule is CCc1cc(C)c2c(c(Br)cn2S(=O)(=O)c2ccc(C)cc2)c1C(=O)c1nc2cc(C#N)ccc2n1COCC[Si](C)(C)C. The molecule has 0 bridgehead atoms. The normalized spacial score (nSPS) is 12.2. The van der Waals surface area contributed by atoms with Gasteiger partial charge in [-0.1, -0.05) is 50.3 Å². The maximum Gasteiger partial charge on any atom is 0.268 e. The van der Waals surface area contributed by atoms with Crippen molar-refractivity contribution >= 4 is 61.7 Å². The van der Waals surface area contributed by atoms with Gasteiger partial charge >= 0.3 is 0 Å². The number of carbonyl (C=O) groups excluding carboxylic acids is 1. The van der Waals surface area contributed by atoms with Gasteiger partial charge in [0.2, 0.25) is 5.78 Å². The fraction of sp³-hybridized carbons (Fsp3) is 0.303. The van der Waals surface area contributed by atoms with Gasteiger partial charge in [-0.25, -0.2) is 17.4 Å². The van der Waals surface area contributed by atoms with Gasteiger partial charge in [0.05, 0.1) is 33.1 Å². The number of carbonyl (C=O) groups is 1. The first-order chi connectivity index (χ1) is 20.8. The van der Waals surface area contributed by atoms with Crippen molar-refractivity contribution in [1.82, 2.24) is 13.5 Å². The van der Waals surface area contributed by atoms with E-state index in [4.69, 9.17) is 9.72 Å². The lowest BCUT2D eigenvalue weighted by Crippen LogP contribution is -2.22. The summed E-state index contributed by atoms with van der Waals surface area (Å²) < 4.78 is 37.3. The van der Waals surface area contributed by atoms with E-state index in [1.54, 1.807) is 47.0 Å². The highest BCUT2D eigenvalue weighted by atomic mass is 79.9. The van der Waals surface area contributed by atoms with E-state index in [1.807, 2.05) is 26.8 Å². The average Bonchev–Trinajstić information content (AvgIpc) is 3.52. The molecule has 0 radical (unpaired) electrons. The van der Waals surface area contributed by atoms with Crippen LogP contribution in [0, 0.1) is 25.2 Å². The monoisotopic (exact) mass is 690 g/mol. The molecule has 0 atom stereocenters. The minimum atomic E-state index is -3.97. The van der Waals surface area contributed by atoms with Crippen molar-refractivity contribution < 1.29 is 17.9 Å². The molecule has 5 rings (SSSR count). The second-order valence-corrected chi connectivity index (χ2v) is 20.5. The Morgan fingerprint density at radius 1 is 1.09 bits per heavy atom. The van der Waals surface area contributed by atoms with Crippen LogP contribution in [0.4, 0.5) is 0 Å². The van der Waals surface area contributed by atoms with Crippen LogP contribution < -0.4 is 0 Å². The summed E-state index contributed by atoms with van der Waals surface area (Å²) >= 11 is 3.60. The number of aryl methyl sites for hydroxylation is 3. The molecule has 0 aliphatic carbocycles. The van der Waals surface area contributed by atoms with Gasteiger partial charge in [0.15, 0.2) is 5.82 Å². The van der Waals surface area contributed by atoms with Crippen LogP contribution in [0.5, 0.6) is 0 Å². The van der Waals surface area contributed by atoms with Gasteiger partial charge in [-0.05, 0) is 83.7 Å². The molecule has 0 fully saturated rings. The van der Waals surface area contributed by atoms with Crippen LogP contribution in [-0.2, 0) is 27.9 Å². The van der Waals surface area contributed by atoms with Crippen molar-refractivity contribution in [2.24, 2.45) is 0 Å². The molecule has 3 aromatic carbocycles. The van der Waals surface area contributed by atoms with E-state index < -0.39 is 18.1 Å². The number of nitriles is 1. The van der Waals surface area contributed by atoms with Gasteiger partial charge < -0.3 is 4.74 Å². The van der Waals surface area contributed by atoms with E-state index in [2.05, 4.69) is 41.6 Å². The molecule has 0 spiro atoms. The van der Waals surface area contributed by atoms with E-state index in [9.17, 15) is 18.5 Å². The van der Waals surface area contributed by atoms with Crippen LogP contribution >= 0.6 is 15.9 Å². The summed E-state index contributed by atoms with van der Waals surface area (Å²) in [7, 11) is -5.31. The number of nitrogens with zero attached hydrogens (tertiary/aromatic N) is 4. The number of hydrogen-bond acceptors (Lipinski definition) is 6. The molecule has 0 aliphatic heterocycles. The number of rotatable bonds is 10. The molecule has 2 aromatic heterocycles. The minimum absolute atomic E-state index is 0.119. The van der Waals surface area contributed by atoms with Crippen LogP contribution in [0.25, 0.3) is 21.9 Å². The lowest BCUT2D eigenvalue weighted by atomic mass is 9.94. The van der Waals surface area contributed by atoms with Gasteiger partial charge in [0.25, 0.3) is 10.0 Å². The van der Waals surface area contributed by atoms with E-state index in [0.29, 0.717) is 50.6 Å². The number of imidazole rings is 1. The zero-order valence-electron chi connectivity index (χ0n) is 25.7. The Morgan fingerprint density at radius 2 is 1.80 bits per heavy atom. The summed E-state index contributed by atoms with van der Waals surface area (Å²) in [5, 5.41) is 10.0. The van der Waals surface area contributed by atoms with Crippen molar-refractivity contribution in [3.05, 3.63) is 92.8 Å². The summed E-state index contributed by atoms with van der Waals surface area (Å²) in [5.74, 6) is -0.175. The van der Waals surface area contributed by atoms with Gasteiger partial charge in [0, 0.05) is 36.3 Å². The molecule has 0 unspecified atom stereocenters. The van der Waals surface area contributed by atoms with Crippen LogP contribution in [0.15, 0.2) is 64.1 Å². The molecular weight excluding hydrogens is 656 g/mol. The predicted octanol–water partition coefficient (Wildman–Crippen LogP) is 7.58. The number of hydrogen-bond donors (Lipinski definition) is 0. The molecule has 0 amide bonds. The first kappa shape index (κ1) is 31.8. The van der Waals surface area contributed by atoms with Crippen LogP contribution in [0.3, 0.4) is 0 Å². The largest absolute Gasteiger partial charge is 0.361 e. The molecule has 0 saturated heterocycles. The van der Waals surface area contributed by atoms with Crippen molar-refractivity contribution in [3.8, 4) is 6.07 Å². The van der Waals surface area contributed by atoms with Crippen molar-refractivity contribution in [2.75, 3.05) is 6.61 Å². The Kier molecular flexibility index (Phi) is 8.75. The van der Waals surface area contributed by atoms with E-state index in [1.165, 1.54) is 10.2 Å². The average molecular weight is 692 g/mol. The molecule has 5 aromatic rings. The Bertz CT molecular complexity index is 2070. The second-order valence-electron chi connectivity index (χ2n) is 12.3. The lowest BCUT2D eigenvalue weighted by Gasteiger charge is -2.17. The molecular formula is C33H35BrN4O4SSi. The van der Waals surface area contributed by atoms with E-state index >= 15 is 0 Å². The number of ketones is 1. The molecule has 0 aliphatic rings. The molecule has 0 N–H and O–H groups in total. The topological polar surface area (TPSA) is 107 Å². The third-order valence-corrected chi connectivity index (χ3v) is 11.7. The summed E-state index contributed by atoms with van der Waals surface area (Å²) in [4.78, 5) is 19.5. The number of halogens is 1. The van der Waals surface area contributed by atoms with Crippen molar-refractivity contribution in [2.45, 2.75) is 64.5 Å². The quantitative estimate of drug-likeness (QED) is 0.0849. The summed E-state index contributed by atoms with van der Waals surface area (Å²) in [6, 6.07) is 16.8. The zero-order chi connectivity index (χ0) is 32.0. The van der Waals surface area contributed by atoms with Gasteiger partial charge in [-0.2, -0.15) is 5.26 Å². The van der Waals surface area contributed by atoms with Crippen molar-refractivity contribution in [3.63, 3.8) is 0 Å². The Hall–Kier alpha value is -3.56. The highest BCUT2D eigenvalue weighted by Gasteiger charge is 2.30. The number of aromatic nitrogens is 3. The van der Waals surface area contributed by atoms with Crippen molar-refractivity contribution in [1.29, 1.82) is 5.26 Å². The molecule has 8 nitrogen and oxygen atoms in total. The standard InChI is InChI=1S/C33H35BrN4O4SSi/c1-7-24-16-22(3)31-30(26(34)19-38(31)43(40,41)25-11-8-21(2)9-12-25)29(24)32(39)33-36-27-17-23(18-35)10-13-28(27)37(33)20-42-14-15-44(4,5)6/h8-13,16-17,19H,7,14-15,20H2,1-6H3. The predicted molar refractivity (Wildman–Crippen MR) is 180 cm³/mol. The summed E-state index contributed by atoms with van der Waals surface area (Å²) in [5.41, 5.74) is 4.92. The molecule has 0 saturated carbocycles. The molecule has 44 heavy (non-hydrogen) atoms. The Morgan fingerprint density at radius 3 is 2.43 bits per heavy atom. The van der Waals surface area contributed by atoms with Gasteiger partial charge in [0.1, 0.15) is 6.73 Å². The minimum Gasteiger partial charge on any atom is -0.361 e. The first-order valence-electron chi connectivity index (χ1n) is 14.4. The maximum absolute atomic E-state index is 14.6. The van der Waals surface area contributed by atoms with Crippen LogP contribution in [-0.4, -0.2) is 42.4 Å². The number of ether oxygens (including phenoxy) is 1. The third-order valence-electron chi connectivity index (χ3n) is 7.74. The fourth-order valence-corrected chi connectivity index (χ4v) is 8.24.